The lowest BCUT2D eigenvalue weighted by Crippen LogP contribution is -2.36. The summed E-state index contributed by atoms with van der Waals surface area (Å²) in [7, 11) is 2.65. The number of unbranched alkanes of at least 4 members (excludes halogenated alkanes) is 10. The van der Waals surface area contributed by atoms with Gasteiger partial charge in [-0.15, -0.1) is 0 Å². The van der Waals surface area contributed by atoms with Crippen molar-refractivity contribution in [2.45, 2.75) is 134 Å². The van der Waals surface area contributed by atoms with Crippen molar-refractivity contribution in [3.63, 3.8) is 0 Å². The molecule has 274 valence electrons. The average molecular weight is 703 g/mol. The van der Waals surface area contributed by atoms with Gasteiger partial charge in [-0.2, -0.15) is 11.8 Å². The molecule has 0 bridgehead atoms. The maximum absolute atomic E-state index is 13.3. The summed E-state index contributed by atoms with van der Waals surface area (Å²) in [5.41, 5.74) is 0.885. The van der Waals surface area contributed by atoms with Gasteiger partial charge in [-0.25, -0.2) is 4.79 Å². The van der Waals surface area contributed by atoms with Gasteiger partial charge in [-0.1, -0.05) is 64.7 Å². The van der Waals surface area contributed by atoms with E-state index >= 15 is 0 Å². The minimum absolute atomic E-state index is 0.0668. The molecule has 2 fully saturated rings. The number of carbonyl (C=O) groups excluding carboxylic acids is 5. The van der Waals surface area contributed by atoms with Crippen molar-refractivity contribution in [2.24, 2.45) is 0 Å². The van der Waals surface area contributed by atoms with E-state index in [1.807, 2.05) is 11.8 Å². The van der Waals surface area contributed by atoms with Crippen LogP contribution in [0.25, 0.3) is 0 Å². The van der Waals surface area contributed by atoms with Crippen LogP contribution in [0.3, 0.4) is 0 Å². The van der Waals surface area contributed by atoms with E-state index in [-0.39, 0.29) is 52.6 Å². The highest BCUT2D eigenvalue weighted by molar-refractivity contribution is 8.00. The zero-order chi connectivity index (χ0) is 35.6. The Morgan fingerprint density at radius 3 is 2.10 bits per heavy atom. The predicted octanol–water partition coefficient (Wildman–Crippen LogP) is 5.54. The first kappa shape index (κ1) is 40.2. The molecule has 0 aromatic carbocycles. The van der Waals surface area contributed by atoms with E-state index in [2.05, 4.69) is 28.2 Å². The van der Waals surface area contributed by atoms with Crippen LogP contribution in [0.1, 0.15) is 117 Å². The normalized spacial score (nSPS) is 20.7. The van der Waals surface area contributed by atoms with E-state index in [0.29, 0.717) is 36.8 Å². The van der Waals surface area contributed by atoms with Gasteiger partial charge in [0.15, 0.2) is 0 Å². The number of allylic oxidation sites excluding steroid dienone is 3. The predicted molar refractivity (Wildman–Crippen MR) is 193 cm³/mol. The summed E-state index contributed by atoms with van der Waals surface area (Å²) < 4.78 is 10.4. The van der Waals surface area contributed by atoms with Gasteiger partial charge in [0, 0.05) is 47.2 Å². The molecule has 49 heavy (non-hydrogen) atoms. The van der Waals surface area contributed by atoms with Gasteiger partial charge in [-0.05, 0) is 51.5 Å². The molecule has 1 aliphatic carbocycles. The molecule has 12 heteroatoms. The molecule has 0 spiro atoms. The Balaban J connectivity index is 1.36. The van der Waals surface area contributed by atoms with Gasteiger partial charge in [0.25, 0.3) is 0 Å². The number of rotatable bonds is 24. The maximum atomic E-state index is 13.3. The van der Waals surface area contributed by atoms with Gasteiger partial charge in [0.2, 0.25) is 34.9 Å². The molecule has 4 amide bonds. The van der Waals surface area contributed by atoms with Crippen LogP contribution in [0.4, 0.5) is 4.79 Å². The lowest BCUT2D eigenvalue weighted by molar-refractivity contribution is -0.121. The Bertz CT molecular complexity index is 1260. The number of thioether (sulfide) groups is 1. The van der Waals surface area contributed by atoms with E-state index in [1.54, 1.807) is 13.0 Å². The quantitative estimate of drug-likeness (QED) is 0.0443. The highest BCUT2D eigenvalue weighted by atomic mass is 32.2. The average Bonchev–Trinajstić information content (AvgIpc) is 3.65. The fourth-order valence-corrected chi connectivity index (χ4v) is 8.09. The zero-order valence-corrected chi connectivity index (χ0v) is 30.8. The minimum atomic E-state index is -0.465. The monoisotopic (exact) mass is 702 g/mol. The Morgan fingerprint density at radius 2 is 1.41 bits per heavy atom. The number of methoxy groups -OCH3 is 2. The number of ether oxygens (including phenoxy) is 2. The highest BCUT2D eigenvalue weighted by Crippen LogP contribution is 2.33. The molecule has 3 atom stereocenters. The van der Waals surface area contributed by atoms with Gasteiger partial charge in [0.05, 0.1) is 26.3 Å². The number of hydrogen-bond acceptors (Lipinski definition) is 8. The Morgan fingerprint density at radius 1 is 0.796 bits per heavy atom. The summed E-state index contributed by atoms with van der Waals surface area (Å²) >= 11 is 1.90. The molecule has 2 heterocycles. The van der Waals surface area contributed by atoms with Gasteiger partial charge < -0.3 is 30.7 Å². The first-order chi connectivity index (χ1) is 23.7. The lowest BCUT2D eigenvalue weighted by Gasteiger charge is -2.19. The number of hydrogen-bond donors (Lipinski definition) is 4. The summed E-state index contributed by atoms with van der Waals surface area (Å²) in [6.45, 7) is 4.91. The third-order valence-electron chi connectivity index (χ3n) is 9.47. The van der Waals surface area contributed by atoms with E-state index < -0.39 is 11.6 Å². The SMILES string of the molecule is CCCCCCCCCC(=CC1=C(C)C(=O)C(OC)=C(OC)C1=O)C(=O)NCCCCCCNC(=O)CCCCC1SCC2NC(=O)N[C@@H]21. The summed E-state index contributed by atoms with van der Waals surface area (Å²) in [5, 5.41) is 12.4. The first-order valence-corrected chi connectivity index (χ1v) is 19.3. The van der Waals surface area contributed by atoms with Crippen LogP contribution in [0.2, 0.25) is 0 Å². The van der Waals surface area contributed by atoms with E-state index in [4.69, 9.17) is 9.47 Å². The standard InChI is InChI=1S/C37H58N4O7S/c1-5-6-7-8-9-10-13-18-26(23-27-25(2)32(43)34(47-3)35(48-4)33(27)44)36(45)39-22-17-12-11-16-21-38-30(42)20-15-14-19-29-31-28(24-49-29)40-37(46)41-31/h23,28-29,31H,5-22,24H2,1-4H3,(H,38,42)(H,39,45)(H2,40,41,46)/t28?,29?,31-/m0/s1. The molecule has 0 aromatic heterocycles. The molecule has 2 unspecified atom stereocenters. The van der Waals surface area contributed by atoms with Crippen molar-refractivity contribution in [3.8, 4) is 0 Å². The van der Waals surface area contributed by atoms with E-state index in [9.17, 15) is 24.0 Å². The van der Waals surface area contributed by atoms with Gasteiger partial charge in [0.1, 0.15) is 0 Å². The lowest BCUT2D eigenvalue weighted by atomic mass is 9.90. The Kier molecular flexibility index (Phi) is 17.8. The molecular weight excluding hydrogens is 644 g/mol. The molecule has 3 rings (SSSR count). The van der Waals surface area contributed by atoms with E-state index in [1.165, 1.54) is 39.9 Å². The number of urea groups is 1. The topological polar surface area (TPSA) is 152 Å². The third-order valence-corrected chi connectivity index (χ3v) is 11.0. The van der Waals surface area contributed by atoms with Crippen molar-refractivity contribution >= 4 is 41.2 Å². The first-order valence-electron chi connectivity index (χ1n) is 18.3. The fraction of sp³-hybridized carbons (Fsp3) is 0.703. The van der Waals surface area contributed by atoms with Gasteiger partial charge in [-0.3, -0.25) is 19.2 Å². The number of ketones is 2. The molecule has 0 saturated carbocycles. The van der Waals surface area contributed by atoms with Gasteiger partial charge >= 0.3 is 6.03 Å². The number of Topliss-reactive ketones (excluding diaryl/α,β-unsaturated/α-hetero) is 2. The highest BCUT2D eigenvalue weighted by Gasteiger charge is 2.42. The zero-order valence-electron chi connectivity index (χ0n) is 30.0. The number of nitrogens with one attached hydrogen (secondary N) is 4. The number of fused-ring (bicyclic) bond motifs is 1. The summed E-state index contributed by atoms with van der Waals surface area (Å²) in [4.78, 5) is 63.2. The molecular formula is C37H58N4O7S. The largest absolute Gasteiger partial charge is 0.489 e. The fourth-order valence-electron chi connectivity index (χ4n) is 6.54. The summed E-state index contributed by atoms with van der Waals surface area (Å²) in [5.74, 6) is -0.350. The second kappa shape index (κ2) is 21.7. The van der Waals surface area contributed by atoms with Crippen LogP contribution in [0.15, 0.2) is 34.3 Å². The minimum Gasteiger partial charge on any atom is -0.489 e. The van der Waals surface area contributed by atoms with Crippen molar-refractivity contribution in [3.05, 3.63) is 34.3 Å². The smallest absolute Gasteiger partial charge is 0.315 e. The maximum Gasteiger partial charge on any atom is 0.315 e. The van der Waals surface area contributed by atoms with Crippen molar-refractivity contribution in [1.82, 2.24) is 21.3 Å². The summed E-state index contributed by atoms with van der Waals surface area (Å²) in [6, 6.07) is 0.377. The molecule has 2 aliphatic heterocycles. The third kappa shape index (κ3) is 12.5. The number of amides is 4. The molecule has 11 nitrogen and oxygen atoms in total. The molecule has 4 N–H and O–H groups in total. The number of carbonyl (C=O) groups is 5. The van der Waals surface area contributed by atoms with Crippen LogP contribution < -0.4 is 21.3 Å². The second-order valence-electron chi connectivity index (χ2n) is 13.2. The van der Waals surface area contributed by atoms with Crippen molar-refractivity contribution in [2.75, 3.05) is 33.1 Å². The molecule has 0 aromatic rings. The van der Waals surface area contributed by atoms with Crippen molar-refractivity contribution < 1.29 is 33.4 Å². The van der Waals surface area contributed by atoms with Crippen LogP contribution in [-0.2, 0) is 28.7 Å². The molecule has 0 radical (unpaired) electrons. The Labute approximate surface area is 296 Å². The van der Waals surface area contributed by atoms with Crippen molar-refractivity contribution in [1.29, 1.82) is 0 Å². The van der Waals surface area contributed by atoms with Crippen LogP contribution in [-0.4, -0.2) is 79.8 Å². The van der Waals surface area contributed by atoms with Crippen LogP contribution in [0.5, 0.6) is 0 Å². The molecule has 2 saturated heterocycles. The Hall–Kier alpha value is -3.28. The summed E-state index contributed by atoms with van der Waals surface area (Å²) in [6.07, 6.45) is 16.7. The van der Waals surface area contributed by atoms with Crippen LogP contribution >= 0.6 is 11.8 Å². The molecule has 3 aliphatic rings. The van der Waals surface area contributed by atoms with Crippen LogP contribution in [0, 0.1) is 0 Å². The van der Waals surface area contributed by atoms with E-state index in [0.717, 1.165) is 70.0 Å². The second-order valence-corrected chi connectivity index (χ2v) is 14.5.